The molecule has 84 valence electrons. The summed E-state index contributed by atoms with van der Waals surface area (Å²) in [5, 5.41) is 0.212. The van der Waals surface area contributed by atoms with Crippen LogP contribution in [0.2, 0.25) is 5.15 Å². The number of halogens is 1. The number of hydrogen-bond acceptors (Lipinski definition) is 4. The minimum absolute atomic E-state index is 0.0291. The van der Waals surface area contributed by atoms with E-state index in [2.05, 4.69) is 14.7 Å². The molecule has 0 aliphatic heterocycles. The van der Waals surface area contributed by atoms with Crippen LogP contribution in [0, 0.1) is 0 Å². The Morgan fingerprint density at radius 1 is 1.53 bits per heavy atom. The van der Waals surface area contributed by atoms with Crippen molar-refractivity contribution in [3.05, 3.63) is 11.2 Å². The normalized spacial score (nSPS) is 12.6. The molecule has 0 saturated heterocycles. The number of hydrogen-bond donors (Lipinski definition) is 1. The Balaban J connectivity index is 2.85. The van der Waals surface area contributed by atoms with E-state index >= 15 is 0 Å². The number of anilines is 1. The van der Waals surface area contributed by atoms with E-state index in [1.165, 1.54) is 13.2 Å². The maximum atomic E-state index is 11.5. The monoisotopic (exact) mass is 249 g/mol. The predicted octanol–water partition coefficient (Wildman–Crippen LogP) is 1.62. The molecule has 0 aliphatic carbocycles. The standard InChI is InChI=1S/C8H12ClN3O2S/c1-5(2)15(13)12-8-10-6(9)4-7(11-8)14-3/h4-5H,1-3H3,(H,10,11,12). The van der Waals surface area contributed by atoms with E-state index in [1.54, 1.807) is 0 Å². The van der Waals surface area contributed by atoms with Gasteiger partial charge in [0.05, 0.1) is 7.11 Å². The lowest BCUT2D eigenvalue weighted by molar-refractivity contribution is 0.397. The summed E-state index contributed by atoms with van der Waals surface area (Å²) in [5.41, 5.74) is 0. The molecule has 1 heterocycles. The van der Waals surface area contributed by atoms with Crippen LogP contribution >= 0.6 is 11.6 Å². The smallest absolute Gasteiger partial charge is 0.239 e. The van der Waals surface area contributed by atoms with Crippen LogP contribution in [0.25, 0.3) is 0 Å². The molecular weight excluding hydrogens is 238 g/mol. The lowest BCUT2D eigenvalue weighted by atomic mass is 10.6. The Bertz CT molecular complexity index is 373. The Morgan fingerprint density at radius 3 is 2.73 bits per heavy atom. The zero-order chi connectivity index (χ0) is 11.4. The summed E-state index contributed by atoms with van der Waals surface area (Å²) in [4.78, 5) is 7.83. The van der Waals surface area contributed by atoms with Crippen molar-refractivity contribution in [3.8, 4) is 5.88 Å². The predicted molar refractivity (Wildman–Crippen MR) is 60.5 cm³/mol. The van der Waals surface area contributed by atoms with Crippen molar-refractivity contribution in [1.82, 2.24) is 9.97 Å². The first kappa shape index (κ1) is 12.2. The van der Waals surface area contributed by atoms with E-state index in [1.807, 2.05) is 13.8 Å². The molecule has 15 heavy (non-hydrogen) atoms. The second-order valence-corrected chi connectivity index (χ2v) is 5.13. The van der Waals surface area contributed by atoms with Crippen molar-refractivity contribution >= 4 is 28.5 Å². The average Bonchev–Trinajstić information content (AvgIpc) is 2.16. The SMILES string of the molecule is COc1cc(Cl)nc(NS(=O)C(C)C)n1. The lowest BCUT2D eigenvalue weighted by Gasteiger charge is -2.08. The fourth-order valence-electron chi connectivity index (χ4n) is 0.755. The third-order valence-electron chi connectivity index (χ3n) is 1.50. The van der Waals surface area contributed by atoms with Crippen LogP contribution in [0.15, 0.2) is 6.07 Å². The molecule has 0 spiro atoms. The summed E-state index contributed by atoms with van der Waals surface area (Å²) in [6.07, 6.45) is 0. The quantitative estimate of drug-likeness (QED) is 0.824. The molecule has 0 radical (unpaired) electrons. The highest BCUT2D eigenvalue weighted by Crippen LogP contribution is 2.16. The summed E-state index contributed by atoms with van der Waals surface area (Å²) in [5.74, 6) is 0.532. The first-order valence-electron chi connectivity index (χ1n) is 4.28. The highest BCUT2D eigenvalue weighted by Gasteiger charge is 2.09. The molecule has 1 aromatic heterocycles. The third kappa shape index (κ3) is 3.64. The molecule has 0 fully saturated rings. The third-order valence-corrected chi connectivity index (χ3v) is 2.93. The molecule has 0 bridgehead atoms. The molecule has 0 amide bonds. The van der Waals surface area contributed by atoms with Gasteiger partial charge in [0, 0.05) is 11.3 Å². The van der Waals surface area contributed by atoms with E-state index < -0.39 is 11.0 Å². The molecule has 0 aliphatic rings. The Hall–Kier alpha value is -0.880. The van der Waals surface area contributed by atoms with Gasteiger partial charge in [-0.3, -0.25) is 4.72 Å². The molecule has 0 saturated carbocycles. The molecule has 7 heteroatoms. The summed E-state index contributed by atoms with van der Waals surface area (Å²) >= 11 is 5.72. The van der Waals surface area contributed by atoms with E-state index in [9.17, 15) is 4.21 Å². The van der Waals surface area contributed by atoms with Gasteiger partial charge in [-0.15, -0.1) is 0 Å². The zero-order valence-corrected chi connectivity index (χ0v) is 10.2. The highest BCUT2D eigenvalue weighted by molar-refractivity contribution is 7.86. The number of methoxy groups -OCH3 is 1. The van der Waals surface area contributed by atoms with Crippen LogP contribution in [-0.2, 0) is 11.0 Å². The van der Waals surface area contributed by atoms with Crippen LogP contribution in [0.5, 0.6) is 5.88 Å². The van der Waals surface area contributed by atoms with E-state index in [-0.39, 0.29) is 16.4 Å². The van der Waals surface area contributed by atoms with Crippen molar-refractivity contribution < 1.29 is 8.95 Å². The molecule has 1 aromatic rings. The van der Waals surface area contributed by atoms with Gasteiger partial charge in [0.25, 0.3) is 0 Å². The molecule has 5 nitrogen and oxygen atoms in total. The Labute approximate surface area is 95.8 Å². The second kappa shape index (κ2) is 5.27. The summed E-state index contributed by atoms with van der Waals surface area (Å²) in [7, 11) is 0.244. The molecule has 1 N–H and O–H groups in total. The summed E-state index contributed by atoms with van der Waals surface area (Å²) < 4.78 is 19.0. The largest absolute Gasteiger partial charge is 0.481 e. The molecule has 1 unspecified atom stereocenters. The van der Waals surface area contributed by atoms with Crippen molar-refractivity contribution in [1.29, 1.82) is 0 Å². The number of ether oxygens (including phenoxy) is 1. The van der Waals surface area contributed by atoms with Crippen LogP contribution in [0.1, 0.15) is 13.8 Å². The number of aromatic nitrogens is 2. The first-order valence-corrected chi connectivity index (χ1v) is 5.88. The molecular formula is C8H12ClN3O2S. The second-order valence-electron chi connectivity index (χ2n) is 3.00. The van der Waals surface area contributed by atoms with Crippen molar-refractivity contribution in [2.24, 2.45) is 0 Å². The van der Waals surface area contributed by atoms with Gasteiger partial charge in [0.15, 0.2) is 0 Å². The van der Waals surface area contributed by atoms with E-state index in [0.717, 1.165) is 0 Å². The van der Waals surface area contributed by atoms with E-state index in [4.69, 9.17) is 16.3 Å². The van der Waals surface area contributed by atoms with Crippen LogP contribution < -0.4 is 9.46 Å². The topological polar surface area (TPSA) is 64.1 Å². The zero-order valence-electron chi connectivity index (χ0n) is 8.65. The van der Waals surface area contributed by atoms with Crippen molar-refractivity contribution in [2.45, 2.75) is 19.1 Å². The van der Waals surface area contributed by atoms with Crippen LogP contribution in [0.3, 0.4) is 0 Å². The first-order chi connectivity index (χ1) is 7.02. The van der Waals surface area contributed by atoms with Crippen LogP contribution in [0.4, 0.5) is 5.95 Å². The van der Waals surface area contributed by atoms with Gasteiger partial charge in [-0.2, -0.15) is 4.98 Å². The van der Waals surface area contributed by atoms with Gasteiger partial charge in [0.2, 0.25) is 11.8 Å². The van der Waals surface area contributed by atoms with Crippen molar-refractivity contribution in [2.75, 3.05) is 11.8 Å². The van der Waals surface area contributed by atoms with Gasteiger partial charge in [-0.1, -0.05) is 11.6 Å². The maximum Gasteiger partial charge on any atom is 0.239 e. The van der Waals surface area contributed by atoms with Gasteiger partial charge < -0.3 is 4.74 Å². The Kier molecular flexibility index (Phi) is 4.28. The summed E-state index contributed by atoms with van der Waals surface area (Å²) in [6, 6.07) is 1.48. The van der Waals surface area contributed by atoms with Gasteiger partial charge in [-0.05, 0) is 13.8 Å². The maximum absolute atomic E-state index is 11.5. The molecule has 1 atom stereocenters. The minimum atomic E-state index is -1.23. The van der Waals surface area contributed by atoms with Gasteiger partial charge >= 0.3 is 0 Å². The highest BCUT2D eigenvalue weighted by atomic mass is 35.5. The van der Waals surface area contributed by atoms with Gasteiger partial charge in [-0.25, -0.2) is 9.19 Å². The fraction of sp³-hybridized carbons (Fsp3) is 0.500. The van der Waals surface area contributed by atoms with Crippen LogP contribution in [-0.4, -0.2) is 26.5 Å². The fourth-order valence-corrected chi connectivity index (χ4v) is 1.44. The minimum Gasteiger partial charge on any atom is -0.481 e. The molecule has 0 aromatic carbocycles. The summed E-state index contributed by atoms with van der Waals surface area (Å²) in [6.45, 7) is 3.65. The Morgan fingerprint density at radius 2 is 2.20 bits per heavy atom. The average molecular weight is 250 g/mol. The lowest BCUT2D eigenvalue weighted by Crippen LogP contribution is -2.16. The number of rotatable bonds is 4. The number of nitrogens with zero attached hydrogens (tertiary/aromatic N) is 2. The van der Waals surface area contributed by atoms with E-state index in [0.29, 0.717) is 5.88 Å². The number of nitrogens with one attached hydrogen (secondary N) is 1. The van der Waals surface area contributed by atoms with Crippen molar-refractivity contribution in [3.63, 3.8) is 0 Å². The van der Waals surface area contributed by atoms with Gasteiger partial charge in [0.1, 0.15) is 16.1 Å². The molecule has 1 rings (SSSR count).